The lowest BCUT2D eigenvalue weighted by Crippen LogP contribution is -2.48. The normalized spacial score (nSPS) is 20.9. The van der Waals surface area contributed by atoms with Crippen LogP contribution >= 0.6 is 0 Å². The van der Waals surface area contributed by atoms with Crippen LogP contribution in [0.2, 0.25) is 0 Å². The summed E-state index contributed by atoms with van der Waals surface area (Å²) < 4.78 is 21.4. The van der Waals surface area contributed by atoms with Gasteiger partial charge in [0.2, 0.25) is 12.7 Å². The first-order chi connectivity index (χ1) is 16.1. The summed E-state index contributed by atoms with van der Waals surface area (Å²) in [6, 6.07) is 10.8. The molecule has 9 heteroatoms. The number of piperidine rings is 1. The number of likely N-dealkylation sites (tertiary alicyclic amines) is 1. The summed E-state index contributed by atoms with van der Waals surface area (Å²) in [4.78, 5) is 29.4. The molecule has 0 aromatic heterocycles. The van der Waals surface area contributed by atoms with Crippen molar-refractivity contribution in [1.82, 2.24) is 4.90 Å². The molecule has 174 valence electrons. The summed E-state index contributed by atoms with van der Waals surface area (Å²) in [6.07, 6.45) is 1.93. The fourth-order valence-electron chi connectivity index (χ4n) is 4.67. The molecule has 0 aliphatic carbocycles. The molecule has 2 saturated heterocycles. The predicted molar refractivity (Wildman–Crippen MR) is 121 cm³/mol. The number of nitrogens with zero attached hydrogens (tertiary/aromatic N) is 2. The Morgan fingerprint density at radius 1 is 0.939 bits per heavy atom. The van der Waals surface area contributed by atoms with Crippen molar-refractivity contribution in [1.29, 1.82) is 0 Å². The van der Waals surface area contributed by atoms with Gasteiger partial charge in [0.05, 0.1) is 32.4 Å². The first-order valence-electron chi connectivity index (χ1n) is 11.1. The quantitative estimate of drug-likeness (QED) is 0.668. The summed E-state index contributed by atoms with van der Waals surface area (Å²) in [6.45, 7) is 1.73. The third kappa shape index (κ3) is 4.16. The van der Waals surface area contributed by atoms with Gasteiger partial charge >= 0.3 is 0 Å². The van der Waals surface area contributed by atoms with E-state index in [-0.39, 0.29) is 31.1 Å². The molecule has 2 aromatic carbocycles. The number of rotatable bonds is 6. The largest absolute Gasteiger partial charge is 0.497 e. The van der Waals surface area contributed by atoms with Crippen molar-refractivity contribution in [3.8, 4) is 23.0 Å². The Morgan fingerprint density at radius 2 is 1.64 bits per heavy atom. The number of methoxy groups -OCH3 is 2. The molecule has 2 fully saturated rings. The predicted octanol–water partition coefficient (Wildman–Crippen LogP) is 2.64. The van der Waals surface area contributed by atoms with Gasteiger partial charge in [-0.05, 0) is 25.0 Å². The van der Waals surface area contributed by atoms with Gasteiger partial charge in [-0.1, -0.05) is 0 Å². The molecular formula is C24H27N3O6. The Labute approximate surface area is 192 Å². The topological polar surface area (TPSA) is 89.6 Å². The van der Waals surface area contributed by atoms with Gasteiger partial charge < -0.3 is 24.3 Å². The van der Waals surface area contributed by atoms with E-state index < -0.39 is 6.04 Å². The second kappa shape index (κ2) is 8.82. The number of ether oxygens (including phenoxy) is 4. The Hall–Kier alpha value is -3.46. The minimum absolute atomic E-state index is 0.179. The highest BCUT2D eigenvalue weighted by Gasteiger charge is 2.43. The van der Waals surface area contributed by atoms with Crippen molar-refractivity contribution in [3.05, 3.63) is 36.4 Å². The molecule has 1 N–H and O–H groups in total. The highest BCUT2D eigenvalue weighted by Crippen LogP contribution is 2.36. The first kappa shape index (κ1) is 21.4. The lowest BCUT2D eigenvalue weighted by molar-refractivity contribution is -0.123. The molecule has 0 spiro atoms. The minimum atomic E-state index is -0.443. The van der Waals surface area contributed by atoms with Crippen molar-refractivity contribution >= 4 is 23.2 Å². The van der Waals surface area contributed by atoms with E-state index in [1.807, 2.05) is 18.2 Å². The third-order valence-corrected chi connectivity index (χ3v) is 6.43. The smallest absolute Gasteiger partial charge is 0.251 e. The van der Waals surface area contributed by atoms with Crippen LogP contribution in [0.3, 0.4) is 0 Å². The monoisotopic (exact) mass is 453 g/mol. The van der Waals surface area contributed by atoms with Gasteiger partial charge in [-0.15, -0.1) is 0 Å². The minimum Gasteiger partial charge on any atom is -0.497 e. The van der Waals surface area contributed by atoms with E-state index in [1.165, 1.54) is 19.1 Å². The average Bonchev–Trinajstić information content (AvgIpc) is 3.42. The van der Waals surface area contributed by atoms with Crippen LogP contribution in [0.25, 0.3) is 0 Å². The Morgan fingerprint density at radius 3 is 2.33 bits per heavy atom. The third-order valence-electron chi connectivity index (χ3n) is 6.43. The highest BCUT2D eigenvalue weighted by atomic mass is 16.7. The standard InChI is InChI=1S/C24H27N3O6/c1-30-18-10-17(11-19(12-18)31-2)27-23(28)13-20(24(27)29)26-7-5-15(6-8-26)25-16-3-4-21-22(9-16)33-14-32-21/h3-4,9-12,15,20,25H,5-8,13-14H2,1-2H3. The summed E-state index contributed by atoms with van der Waals surface area (Å²) >= 11 is 0. The zero-order valence-electron chi connectivity index (χ0n) is 18.7. The molecule has 3 aliphatic heterocycles. The molecule has 0 bridgehead atoms. The number of carbonyl (C=O) groups is 2. The van der Waals surface area contributed by atoms with Crippen LogP contribution in [0.15, 0.2) is 36.4 Å². The zero-order chi connectivity index (χ0) is 22.9. The molecule has 9 nitrogen and oxygen atoms in total. The van der Waals surface area contributed by atoms with Gasteiger partial charge in [0.15, 0.2) is 11.5 Å². The van der Waals surface area contributed by atoms with Crippen LogP contribution in [0.5, 0.6) is 23.0 Å². The molecule has 33 heavy (non-hydrogen) atoms. The molecule has 5 rings (SSSR count). The van der Waals surface area contributed by atoms with Gasteiger partial charge in [-0.3, -0.25) is 14.5 Å². The number of benzene rings is 2. The van der Waals surface area contributed by atoms with E-state index in [2.05, 4.69) is 10.2 Å². The first-order valence-corrected chi connectivity index (χ1v) is 11.1. The van der Waals surface area contributed by atoms with Crippen molar-refractivity contribution in [2.24, 2.45) is 0 Å². The zero-order valence-corrected chi connectivity index (χ0v) is 18.7. The Kier molecular flexibility index (Phi) is 5.72. The molecule has 1 atom stereocenters. The van der Waals surface area contributed by atoms with Crippen molar-refractivity contribution < 1.29 is 28.5 Å². The SMILES string of the molecule is COc1cc(OC)cc(N2C(=O)CC(N3CCC(Nc4ccc5c(c4)OCO5)CC3)C2=O)c1. The van der Waals surface area contributed by atoms with Crippen molar-refractivity contribution in [3.63, 3.8) is 0 Å². The van der Waals surface area contributed by atoms with Crippen molar-refractivity contribution in [2.45, 2.75) is 31.3 Å². The Balaban J connectivity index is 1.22. The second-order valence-electron chi connectivity index (χ2n) is 8.38. The van der Waals surface area contributed by atoms with Crippen LogP contribution in [-0.2, 0) is 9.59 Å². The van der Waals surface area contributed by atoms with E-state index >= 15 is 0 Å². The summed E-state index contributed by atoms with van der Waals surface area (Å²) in [5.41, 5.74) is 1.46. The summed E-state index contributed by atoms with van der Waals surface area (Å²) in [7, 11) is 3.08. The molecule has 1 unspecified atom stereocenters. The number of anilines is 2. The van der Waals surface area contributed by atoms with E-state index in [0.717, 1.165) is 43.1 Å². The van der Waals surface area contributed by atoms with Gasteiger partial charge in [0.1, 0.15) is 11.5 Å². The van der Waals surface area contributed by atoms with Crippen LogP contribution < -0.4 is 29.2 Å². The van der Waals surface area contributed by atoms with E-state index in [4.69, 9.17) is 18.9 Å². The molecular weight excluding hydrogens is 426 g/mol. The van der Waals surface area contributed by atoms with Crippen molar-refractivity contribution in [2.75, 3.05) is 44.3 Å². The average molecular weight is 453 g/mol. The fourth-order valence-corrected chi connectivity index (χ4v) is 4.67. The maximum absolute atomic E-state index is 13.2. The van der Waals surface area contributed by atoms with Crippen LogP contribution in [0.4, 0.5) is 11.4 Å². The molecule has 3 aliphatic rings. The van der Waals surface area contributed by atoms with Gasteiger partial charge in [-0.2, -0.15) is 0 Å². The molecule has 2 amide bonds. The Bertz CT molecular complexity index is 1040. The summed E-state index contributed by atoms with van der Waals surface area (Å²) in [5.74, 6) is 2.17. The summed E-state index contributed by atoms with van der Waals surface area (Å²) in [5, 5.41) is 3.55. The molecule has 0 saturated carbocycles. The molecule has 3 heterocycles. The molecule has 0 radical (unpaired) electrons. The number of hydrogen-bond donors (Lipinski definition) is 1. The number of carbonyl (C=O) groups excluding carboxylic acids is 2. The van der Waals surface area contributed by atoms with E-state index in [1.54, 1.807) is 18.2 Å². The number of imide groups is 1. The number of hydrogen-bond acceptors (Lipinski definition) is 8. The maximum atomic E-state index is 13.2. The van der Waals surface area contributed by atoms with Crippen LogP contribution in [0.1, 0.15) is 19.3 Å². The molecule has 2 aromatic rings. The van der Waals surface area contributed by atoms with E-state index in [9.17, 15) is 9.59 Å². The highest BCUT2D eigenvalue weighted by molar-refractivity contribution is 6.22. The fraction of sp³-hybridized carbons (Fsp3) is 0.417. The number of nitrogens with one attached hydrogen (secondary N) is 1. The van der Waals surface area contributed by atoms with Crippen LogP contribution in [0, 0.1) is 0 Å². The van der Waals surface area contributed by atoms with E-state index in [0.29, 0.717) is 17.2 Å². The lowest BCUT2D eigenvalue weighted by Gasteiger charge is -2.35. The maximum Gasteiger partial charge on any atom is 0.251 e. The lowest BCUT2D eigenvalue weighted by atomic mass is 10.0. The van der Waals surface area contributed by atoms with Crippen LogP contribution in [-0.4, -0.2) is 62.9 Å². The second-order valence-corrected chi connectivity index (χ2v) is 8.38. The van der Waals surface area contributed by atoms with Gasteiger partial charge in [0, 0.05) is 49.1 Å². The van der Waals surface area contributed by atoms with Gasteiger partial charge in [-0.25, -0.2) is 4.90 Å². The number of fused-ring (bicyclic) bond motifs is 1. The van der Waals surface area contributed by atoms with Gasteiger partial charge in [0.25, 0.3) is 5.91 Å². The number of amides is 2.